The summed E-state index contributed by atoms with van der Waals surface area (Å²) in [4.78, 5) is 27.7. The predicted molar refractivity (Wildman–Crippen MR) is 113 cm³/mol. The summed E-state index contributed by atoms with van der Waals surface area (Å²) < 4.78 is 0. The molecule has 1 atom stereocenters. The van der Waals surface area contributed by atoms with E-state index in [1.807, 2.05) is 62.4 Å². The number of para-hydroxylation sites is 1. The van der Waals surface area contributed by atoms with Crippen LogP contribution in [0.1, 0.15) is 39.0 Å². The van der Waals surface area contributed by atoms with Crippen LogP contribution >= 0.6 is 0 Å². The predicted octanol–water partition coefficient (Wildman–Crippen LogP) is 4.31. The van der Waals surface area contributed by atoms with Gasteiger partial charge in [-0.15, -0.1) is 0 Å². The van der Waals surface area contributed by atoms with Crippen molar-refractivity contribution in [1.82, 2.24) is 0 Å². The fourth-order valence-electron chi connectivity index (χ4n) is 3.90. The Morgan fingerprint density at radius 2 is 1.66 bits per heavy atom. The van der Waals surface area contributed by atoms with E-state index < -0.39 is 11.5 Å². The van der Waals surface area contributed by atoms with Gasteiger partial charge in [0.1, 0.15) is 0 Å². The number of hydrogen-bond acceptors (Lipinski definition) is 3. The molecule has 0 saturated carbocycles. The Hall–Kier alpha value is -3.24. The van der Waals surface area contributed by atoms with Crippen LogP contribution in [0.2, 0.25) is 0 Å². The molecule has 0 radical (unpaired) electrons. The highest BCUT2D eigenvalue weighted by Gasteiger charge is 2.50. The average molecular weight is 385 g/mol. The van der Waals surface area contributed by atoms with Crippen LogP contribution in [-0.2, 0) is 16.9 Å². The van der Waals surface area contributed by atoms with E-state index in [1.54, 1.807) is 29.2 Å². The van der Waals surface area contributed by atoms with Crippen LogP contribution in [-0.4, -0.2) is 16.8 Å². The zero-order valence-electron chi connectivity index (χ0n) is 16.6. The van der Waals surface area contributed by atoms with Crippen molar-refractivity contribution in [2.45, 2.75) is 32.4 Å². The zero-order chi connectivity index (χ0) is 20.6. The second-order valence-corrected chi connectivity index (χ2v) is 7.72. The quantitative estimate of drug-likeness (QED) is 0.666. The number of carbonyl (C=O) groups excluding carboxylic acids is 2. The summed E-state index contributed by atoms with van der Waals surface area (Å²) in [6.07, 6.45) is -0.282. The van der Waals surface area contributed by atoms with Crippen molar-refractivity contribution in [3.63, 3.8) is 0 Å². The summed E-state index contributed by atoms with van der Waals surface area (Å²) in [5, 5.41) is 11.4. The molecule has 0 aliphatic carbocycles. The minimum atomic E-state index is -1.86. The minimum Gasteiger partial charge on any atom is -0.375 e. The molecule has 1 amide bonds. The Balaban J connectivity index is 1.67. The Morgan fingerprint density at radius 1 is 0.931 bits per heavy atom. The van der Waals surface area contributed by atoms with Crippen molar-refractivity contribution in [2.75, 3.05) is 4.90 Å². The Labute approximate surface area is 170 Å². The van der Waals surface area contributed by atoms with Crippen molar-refractivity contribution in [3.8, 4) is 0 Å². The molecule has 0 aromatic heterocycles. The lowest BCUT2D eigenvalue weighted by atomic mass is 9.88. The number of nitrogens with zero attached hydrogens (tertiary/aromatic N) is 1. The summed E-state index contributed by atoms with van der Waals surface area (Å²) in [7, 11) is 0. The number of amides is 1. The molecule has 1 aliphatic rings. The fourth-order valence-corrected chi connectivity index (χ4v) is 3.90. The lowest BCUT2D eigenvalue weighted by Crippen LogP contribution is -2.41. The SMILES string of the molecule is Cc1ccc(C(=O)C[C@@]2(O)C(=O)N(Cc3cccc(C)c3)c3ccccc32)cc1. The molecule has 0 saturated heterocycles. The number of hydrogen-bond donors (Lipinski definition) is 1. The van der Waals surface area contributed by atoms with Gasteiger partial charge in [0.25, 0.3) is 5.91 Å². The number of carbonyl (C=O) groups is 2. The summed E-state index contributed by atoms with van der Waals surface area (Å²) in [6, 6.07) is 22.3. The van der Waals surface area contributed by atoms with Gasteiger partial charge in [-0.1, -0.05) is 77.9 Å². The van der Waals surface area contributed by atoms with E-state index in [1.165, 1.54) is 0 Å². The largest absolute Gasteiger partial charge is 0.375 e. The molecule has 4 rings (SSSR count). The highest BCUT2D eigenvalue weighted by molar-refractivity contribution is 6.10. The first-order valence-electron chi connectivity index (χ1n) is 9.68. The molecule has 0 unspecified atom stereocenters. The van der Waals surface area contributed by atoms with Gasteiger partial charge < -0.3 is 10.0 Å². The second kappa shape index (κ2) is 7.30. The molecule has 3 aromatic rings. The number of aliphatic hydroxyl groups is 1. The molecular formula is C25H23NO3. The smallest absolute Gasteiger partial charge is 0.264 e. The molecular weight excluding hydrogens is 362 g/mol. The van der Waals surface area contributed by atoms with Crippen LogP contribution in [0.25, 0.3) is 0 Å². The first-order chi connectivity index (χ1) is 13.9. The van der Waals surface area contributed by atoms with Gasteiger partial charge in [-0.05, 0) is 25.5 Å². The number of rotatable bonds is 5. The normalized spacial score (nSPS) is 18.0. The highest BCUT2D eigenvalue weighted by atomic mass is 16.3. The Kier molecular flexibility index (Phi) is 4.81. The summed E-state index contributed by atoms with van der Waals surface area (Å²) >= 11 is 0. The minimum absolute atomic E-state index is 0.256. The maximum atomic E-state index is 13.3. The van der Waals surface area contributed by atoms with E-state index in [2.05, 4.69) is 0 Å². The summed E-state index contributed by atoms with van der Waals surface area (Å²) in [6.45, 7) is 4.29. The molecule has 1 aliphatic heterocycles. The van der Waals surface area contributed by atoms with Gasteiger partial charge in [0.05, 0.1) is 18.7 Å². The average Bonchev–Trinajstić information content (AvgIpc) is 2.91. The van der Waals surface area contributed by atoms with Crippen molar-refractivity contribution in [3.05, 3.63) is 101 Å². The van der Waals surface area contributed by atoms with Gasteiger partial charge in [-0.25, -0.2) is 0 Å². The van der Waals surface area contributed by atoms with Crippen LogP contribution in [0.3, 0.4) is 0 Å². The van der Waals surface area contributed by atoms with Crippen LogP contribution in [0.5, 0.6) is 0 Å². The molecule has 1 heterocycles. The third-order valence-electron chi connectivity index (χ3n) is 5.45. The van der Waals surface area contributed by atoms with E-state index in [0.717, 1.165) is 16.7 Å². The van der Waals surface area contributed by atoms with Crippen molar-refractivity contribution >= 4 is 17.4 Å². The van der Waals surface area contributed by atoms with E-state index in [-0.39, 0.29) is 12.2 Å². The maximum Gasteiger partial charge on any atom is 0.264 e. The Bertz CT molecular complexity index is 1090. The lowest BCUT2D eigenvalue weighted by molar-refractivity contribution is -0.136. The number of benzene rings is 3. The standard InChI is InChI=1S/C25H23NO3/c1-17-10-12-20(13-11-17)23(27)15-25(29)21-8-3-4-9-22(21)26(24(25)28)16-19-7-5-6-18(2)14-19/h3-14,29H,15-16H2,1-2H3/t25-/m0/s1. The molecule has 4 heteroatoms. The molecule has 3 aromatic carbocycles. The first kappa shape index (κ1) is 19.1. The molecule has 0 bridgehead atoms. The topological polar surface area (TPSA) is 57.6 Å². The zero-order valence-corrected chi connectivity index (χ0v) is 16.6. The van der Waals surface area contributed by atoms with Crippen LogP contribution in [0.4, 0.5) is 5.69 Å². The third-order valence-corrected chi connectivity index (χ3v) is 5.45. The summed E-state index contributed by atoms with van der Waals surface area (Å²) in [5.41, 5.74) is 2.90. The van der Waals surface area contributed by atoms with E-state index >= 15 is 0 Å². The molecule has 0 fully saturated rings. The molecule has 0 spiro atoms. The molecule has 146 valence electrons. The van der Waals surface area contributed by atoms with Gasteiger partial charge in [0.2, 0.25) is 0 Å². The number of fused-ring (bicyclic) bond motifs is 1. The third kappa shape index (κ3) is 3.47. The number of Topliss-reactive ketones (excluding diaryl/α,β-unsaturated/α-hetero) is 1. The monoisotopic (exact) mass is 385 g/mol. The molecule has 4 nitrogen and oxygen atoms in total. The van der Waals surface area contributed by atoms with Gasteiger partial charge in [0.15, 0.2) is 11.4 Å². The van der Waals surface area contributed by atoms with Crippen LogP contribution < -0.4 is 4.90 Å². The second-order valence-electron chi connectivity index (χ2n) is 7.72. The number of aryl methyl sites for hydroxylation is 2. The van der Waals surface area contributed by atoms with Crippen molar-refractivity contribution in [1.29, 1.82) is 0 Å². The van der Waals surface area contributed by atoms with E-state index in [4.69, 9.17) is 0 Å². The number of ketones is 1. The lowest BCUT2D eigenvalue weighted by Gasteiger charge is -2.23. The highest BCUT2D eigenvalue weighted by Crippen LogP contribution is 2.43. The van der Waals surface area contributed by atoms with Crippen molar-refractivity contribution < 1.29 is 14.7 Å². The van der Waals surface area contributed by atoms with Crippen LogP contribution in [0.15, 0.2) is 72.8 Å². The fraction of sp³-hybridized carbons (Fsp3) is 0.200. The van der Waals surface area contributed by atoms with E-state index in [9.17, 15) is 14.7 Å². The first-order valence-corrected chi connectivity index (χ1v) is 9.68. The van der Waals surface area contributed by atoms with Crippen LogP contribution in [0, 0.1) is 13.8 Å². The molecule has 29 heavy (non-hydrogen) atoms. The molecule has 1 N–H and O–H groups in total. The maximum absolute atomic E-state index is 13.3. The van der Waals surface area contributed by atoms with Gasteiger partial charge >= 0.3 is 0 Å². The van der Waals surface area contributed by atoms with E-state index in [0.29, 0.717) is 23.4 Å². The van der Waals surface area contributed by atoms with Crippen molar-refractivity contribution in [2.24, 2.45) is 0 Å². The summed E-state index contributed by atoms with van der Waals surface area (Å²) in [5.74, 6) is -0.714. The Morgan fingerprint density at radius 3 is 2.38 bits per heavy atom. The number of anilines is 1. The van der Waals surface area contributed by atoms with Gasteiger partial charge in [-0.2, -0.15) is 0 Å². The van der Waals surface area contributed by atoms with Gasteiger partial charge in [-0.3, -0.25) is 9.59 Å². The van der Waals surface area contributed by atoms with Gasteiger partial charge in [0, 0.05) is 11.1 Å².